The van der Waals surface area contributed by atoms with E-state index in [0.717, 1.165) is 17.3 Å². The van der Waals surface area contributed by atoms with Gasteiger partial charge in [-0.25, -0.2) is 9.67 Å². The number of nitrogens with zero attached hydrogens (tertiary/aromatic N) is 3. The molecular weight excluding hydrogens is 259 g/mol. The van der Waals surface area contributed by atoms with E-state index in [0.29, 0.717) is 0 Å². The van der Waals surface area contributed by atoms with Crippen LogP contribution in [0.3, 0.4) is 0 Å². The zero-order chi connectivity index (χ0) is 10.8. The summed E-state index contributed by atoms with van der Waals surface area (Å²) in [6.45, 7) is 3.77. The van der Waals surface area contributed by atoms with Gasteiger partial charge in [-0.15, -0.1) is 24.8 Å². The van der Waals surface area contributed by atoms with Gasteiger partial charge in [0.15, 0.2) is 0 Å². The van der Waals surface area contributed by atoms with Gasteiger partial charge in [0, 0.05) is 0 Å². The molecule has 1 aromatic heterocycles. The maximum Gasteiger partial charge on any atom is 0.149 e. The summed E-state index contributed by atoms with van der Waals surface area (Å²) in [5.74, 6) is 1.53. The minimum atomic E-state index is -0.119. The van der Waals surface area contributed by atoms with Crippen LogP contribution < -0.4 is 5.73 Å². The van der Waals surface area contributed by atoms with Crippen molar-refractivity contribution in [3.05, 3.63) is 42.0 Å². The molecule has 94 valence electrons. The van der Waals surface area contributed by atoms with E-state index in [9.17, 15) is 0 Å². The number of benzene rings is 1. The van der Waals surface area contributed by atoms with Gasteiger partial charge < -0.3 is 5.73 Å². The number of nitrogens with two attached hydrogens (primary N) is 1. The Balaban J connectivity index is 0.00000128. The van der Waals surface area contributed by atoms with Crippen molar-refractivity contribution in [1.82, 2.24) is 14.8 Å². The summed E-state index contributed by atoms with van der Waals surface area (Å²) in [5, 5.41) is 4.33. The van der Waals surface area contributed by atoms with Crippen LogP contribution in [0.2, 0.25) is 0 Å². The fourth-order valence-electron chi connectivity index (χ4n) is 1.49. The second-order valence-corrected chi connectivity index (χ2v) is 3.55. The topological polar surface area (TPSA) is 56.7 Å². The van der Waals surface area contributed by atoms with E-state index in [1.54, 1.807) is 4.68 Å². The van der Waals surface area contributed by atoms with Gasteiger partial charge in [0.25, 0.3) is 0 Å². The normalized spacial score (nSPS) is 11.2. The molecule has 0 radical (unpaired) electrons. The second kappa shape index (κ2) is 6.59. The molecule has 6 heteroatoms. The Bertz CT molecular complexity index is 454. The number of hydrogen-bond acceptors (Lipinski definition) is 3. The lowest BCUT2D eigenvalue weighted by atomic mass is 10.3. The Morgan fingerprint density at radius 3 is 2.29 bits per heavy atom. The Hall–Kier alpha value is -1.10. The minimum absolute atomic E-state index is 0. The molecule has 4 nitrogen and oxygen atoms in total. The van der Waals surface area contributed by atoms with E-state index in [1.807, 2.05) is 44.2 Å². The summed E-state index contributed by atoms with van der Waals surface area (Å²) in [6.07, 6.45) is 0. The number of aromatic nitrogens is 3. The molecule has 0 saturated carbocycles. The number of hydrogen-bond donors (Lipinski definition) is 1. The highest BCUT2D eigenvalue weighted by Gasteiger charge is 2.12. The SMILES string of the molecule is Cc1nc(C(C)N)n(-c2ccccc2)n1.Cl.Cl. The van der Waals surface area contributed by atoms with Gasteiger partial charge in [0.2, 0.25) is 0 Å². The van der Waals surface area contributed by atoms with Crippen LogP contribution >= 0.6 is 24.8 Å². The minimum Gasteiger partial charge on any atom is -0.322 e. The lowest BCUT2D eigenvalue weighted by molar-refractivity contribution is 0.690. The smallest absolute Gasteiger partial charge is 0.149 e. The van der Waals surface area contributed by atoms with Crippen LogP contribution in [0.25, 0.3) is 5.69 Å². The third-order valence-electron chi connectivity index (χ3n) is 2.15. The van der Waals surface area contributed by atoms with E-state index >= 15 is 0 Å². The second-order valence-electron chi connectivity index (χ2n) is 3.55. The first-order valence-corrected chi connectivity index (χ1v) is 4.93. The van der Waals surface area contributed by atoms with Gasteiger partial charge in [-0.05, 0) is 26.0 Å². The van der Waals surface area contributed by atoms with Gasteiger partial charge in [-0.1, -0.05) is 18.2 Å². The molecule has 2 rings (SSSR count). The Morgan fingerprint density at radius 1 is 1.18 bits per heavy atom. The van der Waals surface area contributed by atoms with E-state index in [-0.39, 0.29) is 30.9 Å². The molecule has 0 aliphatic carbocycles. The zero-order valence-electron chi connectivity index (χ0n) is 9.70. The summed E-state index contributed by atoms with van der Waals surface area (Å²) in [6, 6.07) is 9.76. The maximum absolute atomic E-state index is 5.84. The molecule has 1 heterocycles. The fraction of sp³-hybridized carbons (Fsp3) is 0.273. The van der Waals surface area contributed by atoms with Crippen molar-refractivity contribution in [2.75, 3.05) is 0 Å². The van der Waals surface area contributed by atoms with Crippen molar-refractivity contribution in [2.24, 2.45) is 5.73 Å². The molecule has 0 saturated heterocycles. The average molecular weight is 275 g/mol. The number of para-hydroxylation sites is 1. The van der Waals surface area contributed by atoms with Gasteiger partial charge in [0.1, 0.15) is 11.6 Å². The first-order chi connectivity index (χ1) is 7.18. The molecule has 0 amide bonds. The van der Waals surface area contributed by atoms with Gasteiger partial charge in [-0.2, -0.15) is 5.10 Å². The third-order valence-corrected chi connectivity index (χ3v) is 2.15. The molecular formula is C11H16Cl2N4. The van der Waals surface area contributed by atoms with E-state index in [2.05, 4.69) is 10.1 Å². The summed E-state index contributed by atoms with van der Waals surface area (Å²) in [5.41, 5.74) is 6.83. The van der Waals surface area contributed by atoms with E-state index in [1.165, 1.54) is 0 Å². The first kappa shape index (κ1) is 15.9. The highest BCUT2D eigenvalue weighted by atomic mass is 35.5. The van der Waals surface area contributed by atoms with Gasteiger partial charge in [0.05, 0.1) is 11.7 Å². The molecule has 0 aliphatic heterocycles. The van der Waals surface area contributed by atoms with Crippen LogP contribution in [-0.2, 0) is 0 Å². The standard InChI is InChI=1S/C11H14N4.2ClH/c1-8(12)11-13-9(2)14-15(11)10-6-4-3-5-7-10;;/h3-8H,12H2,1-2H3;2*1H. The summed E-state index contributed by atoms with van der Waals surface area (Å²) >= 11 is 0. The van der Waals surface area contributed by atoms with Gasteiger partial charge >= 0.3 is 0 Å². The lowest BCUT2D eigenvalue weighted by Crippen LogP contribution is -2.13. The maximum atomic E-state index is 5.84. The summed E-state index contributed by atoms with van der Waals surface area (Å²) < 4.78 is 1.79. The summed E-state index contributed by atoms with van der Waals surface area (Å²) in [7, 11) is 0. The van der Waals surface area contributed by atoms with Crippen molar-refractivity contribution < 1.29 is 0 Å². The largest absolute Gasteiger partial charge is 0.322 e. The van der Waals surface area contributed by atoms with E-state index in [4.69, 9.17) is 5.73 Å². The average Bonchev–Trinajstić information content (AvgIpc) is 2.62. The molecule has 2 N–H and O–H groups in total. The van der Waals surface area contributed by atoms with Crippen LogP contribution in [0.5, 0.6) is 0 Å². The molecule has 17 heavy (non-hydrogen) atoms. The summed E-state index contributed by atoms with van der Waals surface area (Å²) in [4.78, 5) is 4.31. The molecule has 2 aromatic rings. The van der Waals surface area contributed by atoms with Crippen LogP contribution in [0.4, 0.5) is 0 Å². The van der Waals surface area contributed by atoms with Crippen molar-refractivity contribution in [3.63, 3.8) is 0 Å². The lowest BCUT2D eigenvalue weighted by Gasteiger charge is -2.07. The van der Waals surface area contributed by atoms with Crippen molar-refractivity contribution in [1.29, 1.82) is 0 Å². The Morgan fingerprint density at radius 2 is 1.76 bits per heavy atom. The fourth-order valence-corrected chi connectivity index (χ4v) is 1.49. The Kier molecular flexibility index (Phi) is 6.16. The molecule has 1 unspecified atom stereocenters. The Labute approximate surface area is 113 Å². The number of rotatable bonds is 2. The molecule has 0 fully saturated rings. The van der Waals surface area contributed by atoms with E-state index < -0.39 is 0 Å². The predicted octanol–water partition coefficient (Wildman–Crippen LogP) is 2.44. The molecule has 0 spiro atoms. The van der Waals surface area contributed by atoms with Crippen LogP contribution in [-0.4, -0.2) is 14.8 Å². The highest BCUT2D eigenvalue weighted by Crippen LogP contribution is 2.13. The van der Waals surface area contributed by atoms with Crippen molar-refractivity contribution in [3.8, 4) is 5.69 Å². The van der Waals surface area contributed by atoms with Crippen molar-refractivity contribution >= 4 is 24.8 Å². The zero-order valence-corrected chi connectivity index (χ0v) is 11.3. The third kappa shape index (κ3) is 3.43. The molecule has 1 atom stereocenters. The van der Waals surface area contributed by atoms with Crippen LogP contribution in [0, 0.1) is 6.92 Å². The van der Waals surface area contributed by atoms with Crippen molar-refractivity contribution in [2.45, 2.75) is 19.9 Å². The van der Waals surface area contributed by atoms with Crippen LogP contribution in [0.15, 0.2) is 30.3 Å². The number of halogens is 2. The first-order valence-electron chi connectivity index (χ1n) is 4.93. The monoisotopic (exact) mass is 274 g/mol. The molecule has 0 aliphatic rings. The molecule has 1 aromatic carbocycles. The predicted molar refractivity (Wildman–Crippen MR) is 73.2 cm³/mol. The van der Waals surface area contributed by atoms with Gasteiger partial charge in [-0.3, -0.25) is 0 Å². The molecule has 0 bridgehead atoms. The highest BCUT2D eigenvalue weighted by molar-refractivity contribution is 5.85. The number of aryl methyl sites for hydroxylation is 1. The van der Waals surface area contributed by atoms with Crippen LogP contribution in [0.1, 0.15) is 24.6 Å². The quantitative estimate of drug-likeness (QED) is 0.915.